The summed E-state index contributed by atoms with van der Waals surface area (Å²) in [7, 11) is 1.69. The predicted octanol–water partition coefficient (Wildman–Crippen LogP) is 5.19. The summed E-state index contributed by atoms with van der Waals surface area (Å²) in [6, 6.07) is 10.2. The van der Waals surface area contributed by atoms with Gasteiger partial charge in [0, 0.05) is 23.3 Å². The first-order valence-electron chi connectivity index (χ1n) is 7.79. The molecule has 0 fully saturated rings. The van der Waals surface area contributed by atoms with Gasteiger partial charge in [-0.3, -0.25) is 9.69 Å². The lowest BCUT2D eigenvalue weighted by molar-refractivity contribution is -0.117. The van der Waals surface area contributed by atoms with Gasteiger partial charge in [-0.15, -0.1) is 11.3 Å². The van der Waals surface area contributed by atoms with E-state index in [9.17, 15) is 13.6 Å². The van der Waals surface area contributed by atoms with E-state index < -0.39 is 11.6 Å². The van der Waals surface area contributed by atoms with Gasteiger partial charge in [-0.05, 0) is 29.3 Å². The molecular formula is C19H15BrF2N2OS. The number of anilines is 1. The Bertz CT molecular complexity index is 928. The minimum atomic E-state index is -0.492. The lowest BCUT2D eigenvalue weighted by Crippen LogP contribution is -2.27. The molecular weight excluding hydrogens is 422 g/mol. The molecule has 0 saturated heterocycles. The highest BCUT2D eigenvalue weighted by atomic mass is 79.9. The van der Waals surface area contributed by atoms with Crippen LogP contribution in [-0.4, -0.2) is 17.9 Å². The molecule has 0 aliphatic rings. The van der Waals surface area contributed by atoms with Gasteiger partial charge < -0.3 is 0 Å². The molecule has 0 atom stereocenters. The van der Waals surface area contributed by atoms with Gasteiger partial charge in [0.2, 0.25) is 5.91 Å². The molecule has 3 rings (SSSR count). The molecule has 7 heteroatoms. The fraction of sp³-hybridized carbons (Fsp3) is 0.158. The molecule has 0 unspecified atom stereocenters. The van der Waals surface area contributed by atoms with Crippen LogP contribution >= 0.6 is 27.3 Å². The number of nitrogens with zero attached hydrogens (tertiary/aromatic N) is 2. The first kappa shape index (κ1) is 18.7. The second kappa shape index (κ2) is 8.05. The molecule has 0 saturated carbocycles. The van der Waals surface area contributed by atoms with Crippen molar-refractivity contribution in [2.45, 2.75) is 11.8 Å². The lowest BCUT2D eigenvalue weighted by Gasteiger charge is -2.14. The summed E-state index contributed by atoms with van der Waals surface area (Å²) >= 11 is 4.75. The van der Waals surface area contributed by atoms with Crippen molar-refractivity contribution in [1.82, 2.24) is 4.98 Å². The van der Waals surface area contributed by atoms with Gasteiger partial charge in [-0.25, -0.2) is 13.8 Å². The van der Waals surface area contributed by atoms with E-state index in [1.165, 1.54) is 16.2 Å². The molecule has 3 aromatic rings. The van der Waals surface area contributed by atoms with Crippen LogP contribution in [0.2, 0.25) is 0 Å². The van der Waals surface area contributed by atoms with Crippen LogP contribution in [0.4, 0.5) is 13.9 Å². The quantitative estimate of drug-likeness (QED) is 0.515. The van der Waals surface area contributed by atoms with E-state index in [0.29, 0.717) is 16.0 Å². The second-order valence-electron chi connectivity index (χ2n) is 5.71. The maximum Gasteiger partial charge on any atom is 0.232 e. The number of carbonyl (C=O) groups is 1. The van der Waals surface area contributed by atoms with Crippen LogP contribution in [0.15, 0.2) is 47.8 Å². The van der Waals surface area contributed by atoms with E-state index in [2.05, 4.69) is 20.9 Å². The van der Waals surface area contributed by atoms with Crippen LogP contribution in [-0.2, 0) is 16.5 Å². The molecule has 0 aliphatic carbocycles. The largest absolute Gasteiger partial charge is 0.291 e. The number of benzene rings is 2. The predicted molar refractivity (Wildman–Crippen MR) is 104 cm³/mol. The van der Waals surface area contributed by atoms with E-state index >= 15 is 0 Å². The third kappa shape index (κ3) is 4.16. The number of thiazole rings is 1. The third-order valence-corrected chi connectivity index (χ3v) is 5.43. The standard InChI is InChI=1S/C19H15BrF2N2OS/c1-24(19-23-15(10-20)11-26-19)18(25)8-12-2-4-13(5-3-12)16-9-14(21)6-7-17(16)22/h2-7,9,11H,8,10H2,1H3. The molecule has 26 heavy (non-hydrogen) atoms. The fourth-order valence-electron chi connectivity index (χ4n) is 2.43. The van der Waals surface area contributed by atoms with Crippen molar-refractivity contribution >= 4 is 38.3 Å². The van der Waals surface area contributed by atoms with Crippen molar-refractivity contribution in [2.24, 2.45) is 0 Å². The SMILES string of the molecule is CN(C(=O)Cc1ccc(-c2cc(F)ccc2F)cc1)c1nc(CBr)cs1. The normalized spacial score (nSPS) is 10.8. The maximum absolute atomic E-state index is 13.9. The smallest absolute Gasteiger partial charge is 0.232 e. The van der Waals surface area contributed by atoms with Gasteiger partial charge in [0.1, 0.15) is 11.6 Å². The Hall–Kier alpha value is -2.12. The molecule has 0 N–H and O–H groups in total. The van der Waals surface area contributed by atoms with Crippen molar-refractivity contribution in [3.63, 3.8) is 0 Å². The first-order chi connectivity index (χ1) is 12.5. The van der Waals surface area contributed by atoms with Gasteiger partial charge in [0.15, 0.2) is 5.13 Å². The Morgan fingerprint density at radius 2 is 1.92 bits per heavy atom. The highest BCUT2D eigenvalue weighted by molar-refractivity contribution is 9.08. The van der Waals surface area contributed by atoms with Crippen LogP contribution in [0.1, 0.15) is 11.3 Å². The molecule has 0 radical (unpaired) electrons. The van der Waals surface area contributed by atoms with E-state index in [1.54, 1.807) is 31.3 Å². The summed E-state index contributed by atoms with van der Waals surface area (Å²) < 4.78 is 27.2. The molecule has 0 bridgehead atoms. The van der Waals surface area contributed by atoms with Gasteiger partial charge in [0.05, 0.1) is 12.1 Å². The maximum atomic E-state index is 13.9. The first-order valence-corrected chi connectivity index (χ1v) is 9.79. The lowest BCUT2D eigenvalue weighted by atomic mass is 10.0. The summed E-state index contributed by atoms with van der Waals surface area (Å²) in [4.78, 5) is 18.3. The number of aromatic nitrogens is 1. The van der Waals surface area contributed by atoms with Crippen molar-refractivity contribution in [3.05, 3.63) is 70.7 Å². The number of alkyl halides is 1. The topological polar surface area (TPSA) is 33.2 Å². The fourth-order valence-corrected chi connectivity index (χ4v) is 3.74. The molecule has 2 aromatic carbocycles. The number of halogens is 3. The Kier molecular flexibility index (Phi) is 5.78. The summed E-state index contributed by atoms with van der Waals surface area (Å²) in [5.74, 6) is -1.07. The van der Waals surface area contributed by atoms with Crippen LogP contribution in [0, 0.1) is 11.6 Å². The zero-order valence-electron chi connectivity index (χ0n) is 13.9. The van der Waals surface area contributed by atoms with E-state index in [-0.39, 0.29) is 17.9 Å². The van der Waals surface area contributed by atoms with Crippen molar-refractivity contribution in [1.29, 1.82) is 0 Å². The highest BCUT2D eigenvalue weighted by Gasteiger charge is 2.15. The molecule has 1 aromatic heterocycles. The second-order valence-corrected chi connectivity index (χ2v) is 7.10. The molecule has 134 valence electrons. The Morgan fingerprint density at radius 3 is 2.58 bits per heavy atom. The average Bonchev–Trinajstić information content (AvgIpc) is 3.13. The zero-order chi connectivity index (χ0) is 18.7. The van der Waals surface area contributed by atoms with Crippen molar-refractivity contribution < 1.29 is 13.6 Å². The Morgan fingerprint density at radius 1 is 1.19 bits per heavy atom. The molecule has 3 nitrogen and oxygen atoms in total. The summed E-state index contributed by atoms with van der Waals surface area (Å²) in [6.07, 6.45) is 0.200. The molecule has 1 heterocycles. The minimum absolute atomic E-state index is 0.0924. The Balaban J connectivity index is 1.72. The van der Waals surface area contributed by atoms with Gasteiger partial charge in [-0.2, -0.15) is 0 Å². The van der Waals surface area contributed by atoms with Gasteiger partial charge in [-0.1, -0.05) is 40.2 Å². The van der Waals surface area contributed by atoms with E-state index in [1.807, 2.05) is 5.38 Å². The number of hydrogen-bond acceptors (Lipinski definition) is 3. The van der Waals surface area contributed by atoms with Crippen molar-refractivity contribution in [3.8, 4) is 11.1 Å². The van der Waals surface area contributed by atoms with Gasteiger partial charge >= 0.3 is 0 Å². The number of hydrogen-bond donors (Lipinski definition) is 0. The third-order valence-electron chi connectivity index (χ3n) is 3.89. The number of rotatable bonds is 5. The zero-order valence-corrected chi connectivity index (χ0v) is 16.3. The summed E-state index contributed by atoms with van der Waals surface area (Å²) in [6.45, 7) is 0. The van der Waals surface area contributed by atoms with Crippen LogP contribution in [0.25, 0.3) is 11.1 Å². The van der Waals surface area contributed by atoms with E-state index in [4.69, 9.17) is 0 Å². The summed E-state index contributed by atoms with van der Waals surface area (Å²) in [5, 5.41) is 3.18. The number of carbonyl (C=O) groups excluding carboxylic acids is 1. The highest BCUT2D eigenvalue weighted by Crippen LogP contribution is 2.25. The minimum Gasteiger partial charge on any atom is -0.291 e. The number of likely N-dealkylation sites (N-methyl/N-ethyl adjacent to an activating group) is 1. The van der Waals surface area contributed by atoms with Crippen LogP contribution in [0.5, 0.6) is 0 Å². The molecule has 1 amide bonds. The van der Waals surface area contributed by atoms with Crippen LogP contribution in [0.3, 0.4) is 0 Å². The number of amides is 1. The van der Waals surface area contributed by atoms with Crippen LogP contribution < -0.4 is 4.90 Å². The molecule has 0 aliphatic heterocycles. The molecule has 0 spiro atoms. The van der Waals surface area contributed by atoms with Crippen molar-refractivity contribution in [2.75, 3.05) is 11.9 Å². The monoisotopic (exact) mass is 436 g/mol. The summed E-state index contributed by atoms with van der Waals surface area (Å²) in [5.41, 5.74) is 2.43. The Labute approximate surface area is 162 Å². The average molecular weight is 437 g/mol. The van der Waals surface area contributed by atoms with Gasteiger partial charge in [0.25, 0.3) is 0 Å². The van der Waals surface area contributed by atoms with E-state index in [0.717, 1.165) is 29.5 Å².